The average molecular weight is 367 g/mol. The van der Waals surface area contributed by atoms with Crippen LogP contribution < -0.4 is 15.4 Å². The molecule has 3 rings (SSSR count). The number of rotatable bonds is 7. The summed E-state index contributed by atoms with van der Waals surface area (Å²) in [5, 5.41) is 8.09. The number of hydrogen-bond acceptors (Lipinski definition) is 4. The van der Waals surface area contributed by atoms with Crippen LogP contribution in [0.5, 0.6) is 5.75 Å². The van der Waals surface area contributed by atoms with Gasteiger partial charge in [0.05, 0.1) is 12.3 Å². The van der Waals surface area contributed by atoms with E-state index in [4.69, 9.17) is 4.74 Å². The van der Waals surface area contributed by atoms with Crippen LogP contribution in [0.4, 0.5) is 9.93 Å². The molecule has 1 heterocycles. The molecule has 0 fully saturated rings. The maximum absolute atomic E-state index is 12.0. The van der Waals surface area contributed by atoms with Gasteiger partial charge in [0.15, 0.2) is 5.13 Å². The number of aromatic nitrogens is 1. The summed E-state index contributed by atoms with van der Waals surface area (Å²) in [6.45, 7) is 3.26. The average Bonchev–Trinajstić information content (AvgIpc) is 3.14. The van der Waals surface area contributed by atoms with E-state index in [1.165, 1.54) is 11.3 Å². The van der Waals surface area contributed by atoms with E-state index < -0.39 is 0 Å². The topological polar surface area (TPSA) is 63.2 Å². The lowest BCUT2D eigenvalue weighted by Gasteiger charge is -2.05. The van der Waals surface area contributed by atoms with Crippen molar-refractivity contribution < 1.29 is 9.53 Å². The third-order valence-electron chi connectivity index (χ3n) is 3.64. The Morgan fingerprint density at radius 1 is 1.12 bits per heavy atom. The summed E-state index contributed by atoms with van der Waals surface area (Å²) < 4.78 is 5.58. The summed E-state index contributed by atoms with van der Waals surface area (Å²) in [4.78, 5) is 16.5. The number of urea groups is 1. The summed E-state index contributed by atoms with van der Waals surface area (Å²) >= 11 is 1.40. The van der Waals surface area contributed by atoms with E-state index in [1.807, 2.05) is 60.0 Å². The summed E-state index contributed by atoms with van der Waals surface area (Å²) in [5.74, 6) is 0.851. The molecule has 0 radical (unpaired) electrons. The molecule has 3 aromatic rings. The van der Waals surface area contributed by atoms with E-state index in [2.05, 4.69) is 22.5 Å². The first-order chi connectivity index (χ1) is 12.7. The minimum atomic E-state index is -0.266. The predicted octanol–water partition coefficient (Wildman–Crippen LogP) is 4.92. The van der Waals surface area contributed by atoms with Crippen LogP contribution in [0.2, 0.25) is 0 Å². The highest BCUT2D eigenvalue weighted by atomic mass is 32.1. The first-order valence-electron chi connectivity index (χ1n) is 8.52. The molecule has 1 aromatic heterocycles. The highest BCUT2D eigenvalue weighted by Gasteiger charge is 2.08. The Labute approximate surface area is 157 Å². The molecule has 0 aliphatic rings. The van der Waals surface area contributed by atoms with Gasteiger partial charge < -0.3 is 10.1 Å². The van der Waals surface area contributed by atoms with Gasteiger partial charge in [-0.05, 0) is 36.2 Å². The molecule has 0 saturated carbocycles. The standard InChI is InChI=1S/C20H21N3O2S/c1-2-12-25-17-10-8-16(9-11-17)18-14-26-20(22-18)23-19(24)21-13-15-6-4-3-5-7-15/h3-11,14H,2,12-13H2,1H3,(H2,21,22,23,24). The Balaban J connectivity index is 1.54. The fraction of sp³-hybridized carbons (Fsp3) is 0.200. The zero-order chi connectivity index (χ0) is 18.2. The normalized spacial score (nSPS) is 10.3. The SMILES string of the molecule is CCCOc1ccc(-c2csc(NC(=O)NCc3ccccc3)n2)cc1. The van der Waals surface area contributed by atoms with Crippen molar-refractivity contribution in [3.05, 3.63) is 65.5 Å². The number of nitrogens with zero attached hydrogens (tertiary/aromatic N) is 1. The van der Waals surface area contributed by atoms with Crippen LogP contribution in [0.25, 0.3) is 11.3 Å². The number of nitrogens with one attached hydrogen (secondary N) is 2. The van der Waals surface area contributed by atoms with Gasteiger partial charge in [-0.1, -0.05) is 37.3 Å². The van der Waals surface area contributed by atoms with E-state index in [9.17, 15) is 4.79 Å². The Kier molecular flexibility index (Phi) is 6.22. The maximum Gasteiger partial charge on any atom is 0.321 e. The minimum Gasteiger partial charge on any atom is -0.494 e. The molecule has 0 atom stereocenters. The first kappa shape index (κ1) is 17.9. The lowest BCUT2D eigenvalue weighted by atomic mass is 10.2. The second-order valence-electron chi connectivity index (χ2n) is 5.70. The predicted molar refractivity (Wildman–Crippen MR) is 106 cm³/mol. The van der Waals surface area contributed by atoms with Crippen LogP contribution in [0, 0.1) is 0 Å². The molecular weight excluding hydrogens is 346 g/mol. The van der Waals surface area contributed by atoms with Gasteiger partial charge in [-0.25, -0.2) is 9.78 Å². The minimum absolute atomic E-state index is 0.266. The fourth-order valence-corrected chi connectivity index (χ4v) is 3.04. The number of thiazole rings is 1. The Bertz CT molecular complexity index is 832. The van der Waals surface area contributed by atoms with Crippen LogP contribution in [-0.4, -0.2) is 17.6 Å². The highest BCUT2D eigenvalue weighted by molar-refractivity contribution is 7.14. The van der Waals surface area contributed by atoms with Gasteiger partial charge in [-0.2, -0.15) is 0 Å². The molecule has 0 bridgehead atoms. The van der Waals surface area contributed by atoms with Crippen molar-refractivity contribution in [1.29, 1.82) is 0 Å². The van der Waals surface area contributed by atoms with Gasteiger partial charge >= 0.3 is 6.03 Å². The van der Waals surface area contributed by atoms with Gasteiger partial charge in [-0.3, -0.25) is 5.32 Å². The molecule has 0 unspecified atom stereocenters. The molecule has 26 heavy (non-hydrogen) atoms. The summed E-state index contributed by atoms with van der Waals surface area (Å²) in [7, 11) is 0. The highest BCUT2D eigenvalue weighted by Crippen LogP contribution is 2.26. The molecule has 134 valence electrons. The number of ether oxygens (including phenoxy) is 1. The summed E-state index contributed by atoms with van der Waals surface area (Å²) in [6, 6.07) is 17.3. The number of carbonyl (C=O) groups is 1. The van der Waals surface area contributed by atoms with E-state index >= 15 is 0 Å². The second kappa shape index (κ2) is 9.01. The summed E-state index contributed by atoms with van der Waals surface area (Å²) in [5.41, 5.74) is 2.87. The molecule has 0 aliphatic heterocycles. The van der Waals surface area contributed by atoms with Crippen molar-refractivity contribution in [2.45, 2.75) is 19.9 Å². The lowest BCUT2D eigenvalue weighted by Crippen LogP contribution is -2.28. The molecule has 2 amide bonds. The van der Waals surface area contributed by atoms with Gasteiger partial charge in [0.1, 0.15) is 5.75 Å². The van der Waals surface area contributed by atoms with Crippen LogP contribution >= 0.6 is 11.3 Å². The van der Waals surface area contributed by atoms with Crippen LogP contribution in [0.15, 0.2) is 60.0 Å². The smallest absolute Gasteiger partial charge is 0.321 e. The molecule has 6 heteroatoms. The third kappa shape index (κ3) is 5.07. The number of benzene rings is 2. The Hall–Kier alpha value is -2.86. The van der Waals surface area contributed by atoms with Crippen molar-refractivity contribution in [2.75, 3.05) is 11.9 Å². The molecule has 0 saturated heterocycles. The van der Waals surface area contributed by atoms with Crippen molar-refractivity contribution in [2.24, 2.45) is 0 Å². The van der Waals surface area contributed by atoms with Crippen molar-refractivity contribution in [1.82, 2.24) is 10.3 Å². The monoisotopic (exact) mass is 367 g/mol. The zero-order valence-corrected chi connectivity index (χ0v) is 15.4. The van der Waals surface area contributed by atoms with Crippen LogP contribution in [0.1, 0.15) is 18.9 Å². The van der Waals surface area contributed by atoms with Crippen molar-refractivity contribution >= 4 is 22.5 Å². The van der Waals surface area contributed by atoms with E-state index in [-0.39, 0.29) is 6.03 Å². The van der Waals surface area contributed by atoms with Gasteiger partial charge in [0, 0.05) is 17.5 Å². The summed E-state index contributed by atoms with van der Waals surface area (Å²) in [6.07, 6.45) is 0.981. The number of anilines is 1. The van der Waals surface area contributed by atoms with Gasteiger partial charge in [-0.15, -0.1) is 11.3 Å². The lowest BCUT2D eigenvalue weighted by molar-refractivity contribution is 0.251. The van der Waals surface area contributed by atoms with Crippen molar-refractivity contribution in [3.63, 3.8) is 0 Å². The Morgan fingerprint density at radius 2 is 1.88 bits per heavy atom. The number of hydrogen-bond donors (Lipinski definition) is 2. The van der Waals surface area contributed by atoms with E-state index in [0.29, 0.717) is 18.3 Å². The molecule has 2 aromatic carbocycles. The van der Waals surface area contributed by atoms with Crippen molar-refractivity contribution in [3.8, 4) is 17.0 Å². The quantitative estimate of drug-likeness (QED) is 0.623. The van der Waals surface area contributed by atoms with Crippen LogP contribution in [0.3, 0.4) is 0 Å². The second-order valence-corrected chi connectivity index (χ2v) is 6.56. The number of carbonyl (C=O) groups excluding carboxylic acids is 1. The maximum atomic E-state index is 12.0. The zero-order valence-electron chi connectivity index (χ0n) is 14.6. The largest absolute Gasteiger partial charge is 0.494 e. The van der Waals surface area contributed by atoms with E-state index in [0.717, 1.165) is 29.0 Å². The first-order valence-corrected chi connectivity index (χ1v) is 9.40. The fourth-order valence-electron chi connectivity index (χ4n) is 2.33. The molecule has 2 N–H and O–H groups in total. The molecule has 5 nitrogen and oxygen atoms in total. The van der Waals surface area contributed by atoms with E-state index in [1.54, 1.807) is 0 Å². The van der Waals surface area contributed by atoms with Gasteiger partial charge in [0.25, 0.3) is 0 Å². The van der Waals surface area contributed by atoms with Crippen LogP contribution in [-0.2, 0) is 6.54 Å². The Morgan fingerprint density at radius 3 is 2.62 bits per heavy atom. The van der Waals surface area contributed by atoms with Gasteiger partial charge in [0.2, 0.25) is 0 Å². The number of amides is 2. The third-order valence-corrected chi connectivity index (χ3v) is 4.40. The molecular formula is C20H21N3O2S. The molecule has 0 spiro atoms. The molecule has 0 aliphatic carbocycles.